The minimum absolute atomic E-state index is 0.0245. The molecule has 0 aliphatic rings. The third kappa shape index (κ3) is 5.38. The summed E-state index contributed by atoms with van der Waals surface area (Å²) in [5, 5.41) is 17.3. The molecule has 0 unspecified atom stereocenters. The van der Waals surface area contributed by atoms with Crippen LogP contribution >= 0.6 is 0 Å². The number of ether oxygens (including phenoxy) is 1. The molecular formula is C23H19F4N5O3. The molecule has 2 N–H and O–H groups in total. The molecule has 0 spiro atoms. The van der Waals surface area contributed by atoms with E-state index in [0.717, 1.165) is 18.2 Å². The van der Waals surface area contributed by atoms with Gasteiger partial charge >= 0.3 is 6.36 Å². The Morgan fingerprint density at radius 3 is 2.54 bits per heavy atom. The average molecular weight is 489 g/mol. The Balaban J connectivity index is 1.65. The zero-order valence-electron chi connectivity index (χ0n) is 18.4. The van der Waals surface area contributed by atoms with Gasteiger partial charge in [-0.05, 0) is 49.7 Å². The fraction of sp³-hybridized carbons (Fsp3) is 0.217. The topological polar surface area (TPSA) is 102 Å². The van der Waals surface area contributed by atoms with Crippen LogP contribution in [0, 0.1) is 5.82 Å². The minimum atomic E-state index is -5.07. The molecular weight excluding hydrogens is 470 g/mol. The molecule has 182 valence electrons. The third-order valence-electron chi connectivity index (χ3n) is 5.04. The summed E-state index contributed by atoms with van der Waals surface area (Å²) in [5.74, 6) is -3.02. The number of hydrogen-bond donors (Lipinski definition) is 2. The molecule has 12 heteroatoms. The lowest BCUT2D eigenvalue weighted by atomic mass is 9.91. The summed E-state index contributed by atoms with van der Waals surface area (Å²) in [5.41, 5.74) is -0.252. The minimum Gasteiger partial charge on any atom is -0.403 e. The van der Waals surface area contributed by atoms with E-state index in [1.54, 1.807) is 36.7 Å². The highest BCUT2D eigenvalue weighted by Gasteiger charge is 2.34. The van der Waals surface area contributed by atoms with Gasteiger partial charge in [0.2, 0.25) is 0 Å². The van der Waals surface area contributed by atoms with Crippen molar-refractivity contribution in [2.45, 2.75) is 31.9 Å². The largest absolute Gasteiger partial charge is 0.573 e. The van der Waals surface area contributed by atoms with Gasteiger partial charge in [-0.3, -0.25) is 9.78 Å². The first kappa shape index (κ1) is 24.1. The molecule has 0 aliphatic carbocycles. The van der Waals surface area contributed by atoms with Gasteiger partial charge in [0.15, 0.2) is 17.2 Å². The number of rotatable bonds is 6. The van der Waals surface area contributed by atoms with E-state index in [2.05, 4.69) is 25.1 Å². The van der Waals surface area contributed by atoms with E-state index in [0.29, 0.717) is 11.4 Å². The maximum absolute atomic E-state index is 14.3. The molecule has 8 nitrogen and oxygen atoms in total. The molecule has 0 aliphatic heterocycles. The van der Waals surface area contributed by atoms with Crippen LogP contribution in [0.25, 0.3) is 17.0 Å². The van der Waals surface area contributed by atoms with E-state index < -0.39 is 35.5 Å². The summed E-state index contributed by atoms with van der Waals surface area (Å²) in [7, 11) is 0. The van der Waals surface area contributed by atoms with Crippen LogP contribution < -0.4 is 10.1 Å². The molecule has 35 heavy (non-hydrogen) atoms. The van der Waals surface area contributed by atoms with Gasteiger partial charge in [0, 0.05) is 12.4 Å². The summed E-state index contributed by atoms with van der Waals surface area (Å²) in [4.78, 5) is 21.8. The Morgan fingerprint density at radius 2 is 1.91 bits per heavy atom. The number of amides is 1. The molecule has 0 fully saturated rings. The number of nitrogens with one attached hydrogen (secondary N) is 1. The second kappa shape index (κ2) is 8.95. The van der Waals surface area contributed by atoms with Gasteiger partial charge in [0.25, 0.3) is 5.91 Å². The number of fused-ring (bicyclic) bond motifs is 1. The standard InChI is InChI=1S/C23H19F4N5O3/c1-22(2,34)19(13-6-7-18(15(24)11-13)35-23(25,26)27)31-21(33)14-12-29-32-10-8-17(30-20(14)32)16-5-3-4-9-28-16/h3-12,19,34H,1-2H3,(H,31,33)/t19-/m0/s1. The molecule has 0 saturated heterocycles. The monoisotopic (exact) mass is 489 g/mol. The number of pyridine rings is 1. The highest BCUT2D eigenvalue weighted by Crippen LogP contribution is 2.32. The number of hydrogen-bond acceptors (Lipinski definition) is 6. The summed E-state index contributed by atoms with van der Waals surface area (Å²) < 4.78 is 56.7. The zero-order chi connectivity index (χ0) is 25.4. The van der Waals surface area contributed by atoms with Crippen molar-refractivity contribution < 1.29 is 32.2 Å². The normalized spacial score (nSPS) is 13.0. The predicted molar refractivity (Wildman–Crippen MR) is 116 cm³/mol. The number of alkyl halides is 3. The van der Waals surface area contributed by atoms with Crippen molar-refractivity contribution in [2.24, 2.45) is 0 Å². The molecule has 1 atom stereocenters. The second-order valence-corrected chi connectivity index (χ2v) is 8.15. The molecule has 1 aromatic carbocycles. The van der Waals surface area contributed by atoms with E-state index in [-0.39, 0.29) is 16.8 Å². The van der Waals surface area contributed by atoms with Crippen molar-refractivity contribution >= 4 is 11.6 Å². The van der Waals surface area contributed by atoms with Gasteiger partial charge in [-0.1, -0.05) is 12.1 Å². The van der Waals surface area contributed by atoms with Crippen LogP contribution in [0.15, 0.2) is 61.1 Å². The van der Waals surface area contributed by atoms with E-state index in [9.17, 15) is 27.5 Å². The molecule has 3 heterocycles. The van der Waals surface area contributed by atoms with Crippen LogP contribution in [-0.4, -0.2) is 42.6 Å². The molecule has 4 aromatic rings. The Morgan fingerprint density at radius 1 is 1.14 bits per heavy atom. The Kier molecular flexibility index (Phi) is 6.15. The highest BCUT2D eigenvalue weighted by atomic mass is 19.4. The second-order valence-electron chi connectivity index (χ2n) is 8.15. The van der Waals surface area contributed by atoms with Crippen molar-refractivity contribution in [1.82, 2.24) is 24.9 Å². The van der Waals surface area contributed by atoms with Crippen molar-refractivity contribution in [1.29, 1.82) is 0 Å². The van der Waals surface area contributed by atoms with E-state index in [4.69, 9.17) is 0 Å². The van der Waals surface area contributed by atoms with Crippen LogP contribution in [0.4, 0.5) is 17.6 Å². The number of carbonyl (C=O) groups is 1. The maximum atomic E-state index is 14.3. The maximum Gasteiger partial charge on any atom is 0.573 e. The molecule has 0 radical (unpaired) electrons. The van der Waals surface area contributed by atoms with Crippen molar-refractivity contribution in [3.05, 3.63) is 78.0 Å². The van der Waals surface area contributed by atoms with Gasteiger partial charge in [0.1, 0.15) is 5.56 Å². The first-order valence-electron chi connectivity index (χ1n) is 10.3. The average Bonchev–Trinajstić information content (AvgIpc) is 3.21. The molecule has 1 amide bonds. The van der Waals surface area contributed by atoms with Crippen molar-refractivity contribution in [3.63, 3.8) is 0 Å². The van der Waals surface area contributed by atoms with Gasteiger partial charge < -0.3 is 15.2 Å². The van der Waals surface area contributed by atoms with Gasteiger partial charge in [-0.2, -0.15) is 5.10 Å². The van der Waals surface area contributed by atoms with Gasteiger partial charge in [-0.15, -0.1) is 13.2 Å². The molecule has 4 rings (SSSR count). The number of carbonyl (C=O) groups excluding carboxylic acids is 1. The Labute approximate surface area is 196 Å². The zero-order valence-corrected chi connectivity index (χ0v) is 18.4. The number of nitrogens with zero attached hydrogens (tertiary/aromatic N) is 4. The SMILES string of the molecule is CC(C)(O)[C@@H](NC(=O)c1cnn2ccc(-c3ccccn3)nc12)c1ccc(OC(F)(F)F)c(F)c1. The smallest absolute Gasteiger partial charge is 0.403 e. The summed E-state index contributed by atoms with van der Waals surface area (Å²) in [6.07, 6.45) is -0.590. The Bertz CT molecular complexity index is 1370. The van der Waals surface area contributed by atoms with Crippen LogP contribution in [0.5, 0.6) is 5.75 Å². The quantitative estimate of drug-likeness (QED) is 0.396. The van der Waals surface area contributed by atoms with Crippen molar-refractivity contribution in [3.8, 4) is 17.1 Å². The summed E-state index contributed by atoms with van der Waals surface area (Å²) in [6.45, 7) is 2.73. The van der Waals surface area contributed by atoms with Crippen molar-refractivity contribution in [2.75, 3.05) is 0 Å². The third-order valence-corrected chi connectivity index (χ3v) is 5.04. The lowest BCUT2D eigenvalue weighted by Gasteiger charge is -2.30. The first-order chi connectivity index (χ1) is 16.4. The molecule has 3 aromatic heterocycles. The van der Waals surface area contributed by atoms with E-state index in [1.807, 2.05) is 0 Å². The number of benzene rings is 1. The Hall–Kier alpha value is -4.06. The highest BCUT2D eigenvalue weighted by molar-refractivity contribution is 6.00. The molecule has 0 bridgehead atoms. The van der Waals surface area contributed by atoms with Crippen LogP contribution in [0.1, 0.15) is 35.8 Å². The fourth-order valence-electron chi connectivity index (χ4n) is 3.47. The predicted octanol–water partition coefficient (Wildman–Crippen LogP) is 4.07. The molecule has 0 saturated carbocycles. The van der Waals surface area contributed by atoms with E-state index >= 15 is 0 Å². The number of aliphatic hydroxyl groups is 1. The van der Waals surface area contributed by atoms with E-state index in [1.165, 1.54) is 24.6 Å². The lowest BCUT2D eigenvalue weighted by Crippen LogP contribution is -2.42. The van der Waals surface area contributed by atoms with Crippen LogP contribution in [0.2, 0.25) is 0 Å². The number of aromatic nitrogens is 4. The summed E-state index contributed by atoms with van der Waals surface area (Å²) >= 11 is 0. The van der Waals surface area contributed by atoms with Gasteiger partial charge in [0.05, 0.1) is 29.2 Å². The lowest BCUT2D eigenvalue weighted by molar-refractivity contribution is -0.275. The first-order valence-corrected chi connectivity index (χ1v) is 10.3. The summed E-state index contributed by atoms with van der Waals surface area (Å²) in [6, 6.07) is 8.43. The fourth-order valence-corrected chi connectivity index (χ4v) is 3.47. The number of halogens is 4. The van der Waals surface area contributed by atoms with Gasteiger partial charge in [-0.25, -0.2) is 13.9 Å². The van der Waals surface area contributed by atoms with Crippen LogP contribution in [0.3, 0.4) is 0 Å². The van der Waals surface area contributed by atoms with Crippen LogP contribution in [-0.2, 0) is 0 Å².